The Hall–Kier alpha value is -2.20. The molecule has 2 heterocycles. The lowest BCUT2D eigenvalue weighted by Crippen LogP contribution is -2.14. The first-order chi connectivity index (χ1) is 9.79. The Kier molecular flexibility index (Phi) is 3.48. The zero-order chi connectivity index (χ0) is 13.9. The fourth-order valence-electron chi connectivity index (χ4n) is 2.36. The molecule has 102 valence electrons. The Balaban J connectivity index is 2.20. The Morgan fingerprint density at radius 3 is 2.85 bits per heavy atom. The van der Waals surface area contributed by atoms with Crippen LogP contribution in [-0.4, -0.2) is 21.1 Å². The first kappa shape index (κ1) is 12.8. The van der Waals surface area contributed by atoms with Gasteiger partial charge in [-0.3, -0.25) is 4.57 Å². The van der Waals surface area contributed by atoms with Crippen LogP contribution in [0, 0.1) is 6.92 Å². The highest BCUT2D eigenvalue weighted by Gasteiger charge is 2.09. The summed E-state index contributed by atoms with van der Waals surface area (Å²) in [5.74, 6) is 1.90. The van der Waals surface area contributed by atoms with E-state index in [1.165, 1.54) is 5.39 Å². The lowest BCUT2D eigenvalue weighted by molar-refractivity contribution is 0.709. The topological polar surface area (TPSA) is 42.7 Å². The summed E-state index contributed by atoms with van der Waals surface area (Å²) in [4.78, 5) is 9.10. The second kappa shape index (κ2) is 5.43. The van der Waals surface area contributed by atoms with E-state index in [9.17, 15) is 0 Å². The Morgan fingerprint density at radius 2 is 2.10 bits per heavy atom. The monoisotopic (exact) mass is 266 g/mol. The summed E-state index contributed by atoms with van der Waals surface area (Å²) in [7, 11) is 0. The molecule has 0 spiro atoms. The van der Waals surface area contributed by atoms with Crippen LogP contribution >= 0.6 is 0 Å². The molecule has 3 rings (SSSR count). The summed E-state index contributed by atoms with van der Waals surface area (Å²) in [6.07, 6.45) is 3.77. The van der Waals surface area contributed by atoms with E-state index < -0.39 is 0 Å². The van der Waals surface area contributed by atoms with Crippen molar-refractivity contribution >= 4 is 10.8 Å². The molecule has 3 aromatic rings. The van der Waals surface area contributed by atoms with Crippen molar-refractivity contribution in [3.8, 4) is 5.82 Å². The second-order valence-corrected chi connectivity index (χ2v) is 4.78. The maximum atomic E-state index is 4.80. The van der Waals surface area contributed by atoms with E-state index in [1.807, 2.05) is 30.0 Å². The van der Waals surface area contributed by atoms with Gasteiger partial charge in [0.2, 0.25) is 0 Å². The summed E-state index contributed by atoms with van der Waals surface area (Å²) < 4.78 is 2.04. The highest BCUT2D eigenvalue weighted by Crippen LogP contribution is 2.22. The number of fused-ring (bicyclic) bond motifs is 1. The van der Waals surface area contributed by atoms with E-state index in [2.05, 4.69) is 41.5 Å². The predicted molar refractivity (Wildman–Crippen MR) is 81.0 cm³/mol. The summed E-state index contributed by atoms with van der Waals surface area (Å²) >= 11 is 0. The average molecular weight is 266 g/mol. The smallest absolute Gasteiger partial charge is 0.146 e. The molecule has 0 fully saturated rings. The van der Waals surface area contributed by atoms with Gasteiger partial charge in [-0.2, -0.15) is 0 Å². The number of nitrogens with zero attached hydrogens (tertiary/aromatic N) is 3. The van der Waals surface area contributed by atoms with E-state index in [1.54, 1.807) is 0 Å². The average Bonchev–Trinajstić information content (AvgIpc) is 2.90. The van der Waals surface area contributed by atoms with Crippen molar-refractivity contribution in [3.05, 3.63) is 54.2 Å². The van der Waals surface area contributed by atoms with Crippen molar-refractivity contribution < 1.29 is 0 Å². The minimum atomic E-state index is 0.780. The largest absolute Gasteiger partial charge is 0.311 e. The van der Waals surface area contributed by atoms with Gasteiger partial charge < -0.3 is 5.32 Å². The Labute approximate surface area is 118 Å². The quantitative estimate of drug-likeness (QED) is 0.789. The zero-order valence-electron chi connectivity index (χ0n) is 11.8. The van der Waals surface area contributed by atoms with Crippen LogP contribution in [0.25, 0.3) is 16.6 Å². The molecule has 0 unspecified atom stereocenters. The third kappa shape index (κ3) is 2.30. The van der Waals surface area contributed by atoms with Crippen LogP contribution in [0.3, 0.4) is 0 Å². The highest BCUT2D eigenvalue weighted by molar-refractivity contribution is 5.88. The van der Waals surface area contributed by atoms with Crippen molar-refractivity contribution in [3.63, 3.8) is 0 Å². The Morgan fingerprint density at radius 1 is 1.25 bits per heavy atom. The minimum absolute atomic E-state index is 0.780. The zero-order valence-corrected chi connectivity index (χ0v) is 11.8. The van der Waals surface area contributed by atoms with Crippen molar-refractivity contribution in [1.29, 1.82) is 0 Å². The van der Waals surface area contributed by atoms with Crippen LogP contribution < -0.4 is 5.32 Å². The van der Waals surface area contributed by atoms with Crippen molar-refractivity contribution in [2.45, 2.75) is 20.4 Å². The normalized spacial score (nSPS) is 11.1. The van der Waals surface area contributed by atoms with Gasteiger partial charge in [0.05, 0.1) is 5.69 Å². The summed E-state index contributed by atoms with van der Waals surface area (Å²) in [5.41, 5.74) is 1.05. The summed E-state index contributed by atoms with van der Waals surface area (Å²) in [6, 6.07) is 10.5. The van der Waals surface area contributed by atoms with Crippen LogP contribution in [0.2, 0.25) is 0 Å². The van der Waals surface area contributed by atoms with Crippen LogP contribution in [-0.2, 0) is 6.54 Å². The molecule has 2 aromatic heterocycles. The molecule has 20 heavy (non-hydrogen) atoms. The molecule has 0 amide bonds. The van der Waals surface area contributed by atoms with Gasteiger partial charge in [-0.05, 0) is 24.9 Å². The lowest BCUT2D eigenvalue weighted by atomic mass is 10.1. The van der Waals surface area contributed by atoms with Gasteiger partial charge in [-0.1, -0.05) is 31.2 Å². The number of hydrogen-bond acceptors (Lipinski definition) is 3. The number of aromatic nitrogens is 3. The van der Waals surface area contributed by atoms with E-state index in [0.29, 0.717) is 0 Å². The van der Waals surface area contributed by atoms with Crippen LogP contribution in [0.4, 0.5) is 0 Å². The number of nitrogens with one attached hydrogen (secondary N) is 1. The molecule has 4 heteroatoms. The van der Waals surface area contributed by atoms with E-state index >= 15 is 0 Å². The van der Waals surface area contributed by atoms with Gasteiger partial charge in [0.15, 0.2) is 0 Å². The van der Waals surface area contributed by atoms with Crippen LogP contribution in [0.5, 0.6) is 0 Å². The van der Waals surface area contributed by atoms with Crippen LogP contribution in [0.1, 0.15) is 18.4 Å². The van der Waals surface area contributed by atoms with Gasteiger partial charge in [0, 0.05) is 24.3 Å². The number of aryl methyl sites for hydroxylation is 1. The van der Waals surface area contributed by atoms with Crippen LogP contribution in [0.15, 0.2) is 42.7 Å². The molecule has 0 radical (unpaired) electrons. The van der Waals surface area contributed by atoms with E-state index in [-0.39, 0.29) is 0 Å². The maximum Gasteiger partial charge on any atom is 0.146 e. The molecular weight excluding hydrogens is 248 g/mol. The second-order valence-electron chi connectivity index (χ2n) is 4.78. The molecule has 0 saturated carbocycles. The third-order valence-corrected chi connectivity index (χ3v) is 3.38. The molecule has 0 bridgehead atoms. The van der Waals surface area contributed by atoms with Crippen molar-refractivity contribution in [2.75, 3.05) is 6.54 Å². The molecule has 0 aliphatic heterocycles. The minimum Gasteiger partial charge on any atom is -0.311 e. The molecule has 0 saturated heterocycles. The van der Waals surface area contributed by atoms with Gasteiger partial charge in [0.1, 0.15) is 11.6 Å². The highest BCUT2D eigenvalue weighted by atomic mass is 15.1. The molecule has 1 aromatic carbocycles. The van der Waals surface area contributed by atoms with Crippen molar-refractivity contribution in [1.82, 2.24) is 19.9 Å². The van der Waals surface area contributed by atoms with E-state index in [4.69, 9.17) is 4.98 Å². The fourth-order valence-corrected chi connectivity index (χ4v) is 2.36. The van der Waals surface area contributed by atoms with Gasteiger partial charge in [-0.25, -0.2) is 9.97 Å². The van der Waals surface area contributed by atoms with E-state index in [0.717, 1.165) is 35.8 Å². The first-order valence-electron chi connectivity index (χ1n) is 6.89. The maximum absolute atomic E-state index is 4.80. The predicted octanol–water partition coefficient (Wildman–Crippen LogP) is 2.84. The lowest BCUT2D eigenvalue weighted by Gasteiger charge is -2.11. The SMILES string of the molecule is CCNCc1cc2ccccc2c(-n2ccnc2C)n1. The molecule has 4 nitrogen and oxygen atoms in total. The molecule has 1 N–H and O–H groups in total. The number of rotatable bonds is 4. The number of benzene rings is 1. The third-order valence-electron chi connectivity index (χ3n) is 3.38. The van der Waals surface area contributed by atoms with Gasteiger partial charge >= 0.3 is 0 Å². The fraction of sp³-hybridized carbons (Fsp3) is 0.250. The molecule has 0 aliphatic carbocycles. The number of imidazole rings is 1. The standard InChI is InChI=1S/C16H18N4/c1-3-17-11-14-10-13-6-4-5-7-15(13)16(19-14)20-9-8-18-12(20)2/h4-10,17H,3,11H2,1-2H3. The van der Waals surface area contributed by atoms with Gasteiger partial charge in [-0.15, -0.1) is 0 Å². The number of hydrogen-bond donors (Lipinski definition) is 1. The van der Waals surface area contributed by atoms with Gasteiger partial charge in [0.25, 0.3) is 0 Å². The molecule has 0 atom stereocenters. The summed E-state index contributed by atoms with van der Waals surface area (Å²) in [6.45, 7) is 5.81. The number of pyridine rings is 1. The molecular formula is C16H18N4. The summed E-state index contributed by atoms with van der Waals surface area (Å²) in [5, 5.41) is 5.68. The first-order valence-corrected chi connectivity index (χ1v) is 6.89. The Bertz CT molecular complexity index is 730. The molecule has 0 aliphatic rings. The van der Waals surface area contributed by atoms with Crippen molar-refractivity contribution in [2.24, 2.45) is 0 Å².